The van der Waals surface area contributed by atoms with Gasteiger partial charge in [0.2, 0.25) is 5.91 Å². The molecule has 6 N–H and O–H groups in total. The zero-order valence-corrected chi connectivity index (χ0v) is 17.8. The van der Waals surface area contributed by atoms with E-state index in [1.807, 2.05) is 0 Å². The van der Waals surface area contributed by atoms with Gasteiger partial charge in [0.05, 0.1) is 12.1 Å². The summed E-state index contributed by atoms with van der Waals surface area (Å²) in [6, 6.07) is 4.65. The third kappa shape index (κ3) is 5.31. The summed E-state index contributed by atoms with van der Waals surface area (Å²) in [6.07, 6.45) is -7.61. The van der Waals surface area contributed by atoms with E-state index < -0.39 is 66.8 Å². The lowest BCUT2D eigenvalue weighted by atomic mass is 9.88. The van der Waals surface area contributed by atoms with Crippen LogP contribution in [0.15, 0.2) is 33.5 Å². The number of benzene rings is 1. The predicted molar refractivity (Wildman–Crippen MR) is 110 cm³/mol. The first-order valence-electron chi connectivity index (χ1n) is 10.0. The maximum Gasteiger partial charge on any atom is 0.364 e. The molecule has 0 bridgehead atoms. The minimum absolute atomic E-state index is 0.201. The third-order valence-corrected chi connectivity index (χ3v) is 5.36. The zero-order chi connectivity index (χ0) is 24.5. The van der Waals surface area contributed by atoms with E-state index in [0.717, 1.165) is 6.92 Å². The van der Waals surface area contributed by atoms with Gasteiger partial charge in [0, 0.05) is 30.9 Å². The molecule has 0 aliphatic carbocycles. The van der Waals surface area contributed by atoms with Crippen LogP contribution in [0.1, 0.15) is 18.9 Å². The number of carboxylic acids is 1. The Morgan fingerprint density at radius 3 is 2.64 bits per heavy atom. The van der Waals surface area contributed by atoms with Gasteiger partial charge in [-0.3, -0.25) is 4.79 Å². The number of carbonyl (C=O) groups is 2. The van der Waals surface area contributed by atoms with E-state index >= 15 is 0 Å². The van der Waals surface area contributed by atoms with E-state index in [9.17, 15) is 39.9 Å². The van der Waals surface area contributed by atoms with Crippen LogP contribution in [-0.4, -0.2) is 80.3 Å². The van der Waals surface area contributed by atoms with Crippen LogP contribution in [0.5, 0.6) is 5.75 Å². The van der Waals surface area contributed by atoms with E-state index in [-0.39, 0.29) is 11.3 Å². The fourth-order valence-corrected chi connectivity index (χ4v) is 3.70. The second kappa shape index (κ2) is 9.45. The van der Waals surface area contributed by atoms with E-state index in [2.05, 4.69) is 5.32 Å². The van der Waals surface area contributed by atoms with E-state index in [4.69, 9.17) is 13.9 Å². The second-order valence-electron chi connectivity index (χ2n) is 7.95. The molecule has 2 heterocycles. The minimum atomic E-state index is -2.84. The van der Waals surface area contributed by atoms with Gasteiger partial charge in [-0.15, -0.1) is 0 Å². The molecule has 1 aromatic carbocycles. The van der Waals surface area contributed by atoms with Crippen LogP contribution in [-0.2, 0) is 14.3 Å². The van der Waals surface area contributed by atoms with Gasteiger partial charge in [-0.2, -0.15) is 0 Å². The Bertz CT molecular complexity index is 1100. The number of carboxylic acid groups (broad SMARTS) is 1. The smallest absolute Gasteiger partial charge is 0.364 e. The Hall–Kier alpha value is -3.03. The van der Waals surface area contributed by atoms with Gasteiger partial charge in [-0.1, -0.05) is 0 Å². The van der Waals surface area contributed by atoms with Gasteiger partial charge >= 0.3 is 11.6 Å². The Kier molecular flexibility index (Phi) is 7.05. The Morgan fingerprint density at radius 2 is 2.00 bits per heavy atom. The summed E-state index contributed by atoms with van der Waals surface area (Å²) in [7, 11) is 0. The molecule has 33 heavy (non-hydrogen) atoms. The van der Waals surface area contributed by atoms with Gasteiger partial charge in [0.1, 0.15) is 36.3 Å². The molecule has 1 amide bonds. The van der Waals surface area contributed by atoms with E-state index in [1.54, 1.807) is 19.1 Å². The van der Waals surface area contributed by atoms with Gasteiger partial charge in [-0.25, -0.2) is 9.59 Å². The molecule has 6 atom stereocenters. The van der Waals surface area contributed by atoms with Crippen molar-refractivity contribution >= 4 is 22.8 Å². The predicted octanol–water partition coefficient (Wildman–Crippen LogP) is -1.37. The number of carbonyl (C=O) groups excluding carboxylic acids is 1. The van der Waals surface area contributed by atoms with Crippen LogP contribution in [0.25, 0.3) is 11.0 Å². The fraction of sp³-hybridized carbons (Fsp3) is 0.476. The number of hydrogen-bond donors (Lipinski definition) is 6. The molecule has 180 valence electrons. The van der Waals surface area contributed by atoms with Crippen molar-refractivity contribution in [3.05, 3.63) is 40.2 Å². The molecule has 1 fully saturated rings. The molecule has 3 rings (SSSR count). The van der Waals surface area contributed by atoms with Gasteiger partial charge < -0.3 is 44.7 Å². The molecule has 1 aromatic heterocycles. The summed E-state index contributed by atoms with van der Waals surface area (Å²) < 4.78 is 15.7. The molecule has 0 spiro atoms. The number of fused-ring (bicyclic) bond motifs is 1. The van der Waals surface area contributed by atoms with Gasteiger partial charge in [-0.05, 0) is 24.6 Å². The molecule has 0 radical (unpaired) electrons. The van der Waals surface area contributed by atoms with Crippen molar-refractivity contribution in [1.29, 1.82) is 0 Å². The molecular formula is C21H25NO11. The number of amides is 1. The number of rotatable bonds is 7. The first-order chi connectivity index (χ1) is 15.4. The van der Waals surface area contributed by atoms with Crippen LogP contribution < -0.4 is 15.7 Å². The first-order valence-corrected chi connectivity index (χ1v) is 10.0. The van der Waals surface area contributed by atoms with E-state index in [0.29, 0.717) is 10.9 Å². The summed E-state index contributed by atoms with van der Waals surface area (Å²) in [5.41, 5.74) is 0.408. The lowest BCUT2D eigenvalue weighted by Crippen LogP contribution is -2.67. The third-order valence-electron chi connectivity index (χ3n) is 5.36. The van der Waals surface area contributed by atoms with Crippen molar-refractivity contribution in [1.82, 2.24) is 5.32 Å². The number of aliphatic carboxylic acids is 1. The Morgan fingerprint density at radius 1 is 1.30 bits per heavy atom. The quantitative estimate of drug-likeness (QED) is 0.263. The largest absolute Gasteiger partial charge is 0.491 e. The average molecular weight is 467 g/mol. The second-order valence-corrected chi connectivity index (χ2v) is 7.95. The van der Waals surface area contributed by atoms with Gasteiger partial charge in [0.15, 0.2) is 0 Å². The molecule has 12 nitrogen and oxygen atoms in total. The molecule has 1 aliphatic heterocycles. The lowest BCUT2D eigenvalue weighted by Gasteiger charge is -2.44. The topological polar surface area (TPSA) is 196 Å². The highest BCUT2D eigenvalue weighted by Crippen LogP contribution is 2.31. The zero-order valence-electron chi connectivity index (χ0n) is 17.8. The molecule has 12 heteroatoms. The highest BCUT2D eigenvalue weighted by atomic mass is 16.7. The molecule has 1 saturated heterocycles. The number of ether oxygens (including phenoxy) is 2. The number of aliphatic hydroxyl groups excluding tert-OH is 3. The SMILES string of the molecule is CC(=O)NC1C(O)CC(O)(C(=O)O)OC1C(O)C(O)COc1ccc2c(C)cc(=O)oc2c1. The fourth-order valence-electron chi connectivity index (χ4n) is 3.70. The van der Waals surface area contributed by atoms with Gasteiger partial charge in [0.25, 0.3) is 5.79 Å². The van der Waals surface area contributed by atoms with E-state index in [1.165, 1.54) is 12.1 Å². The standard InChI is InChI=1S/C21H25NO11/c1-9-5-16(26)32-15-6-11(3-4-12(9)15)31-8-14(25)18(27)19-17(22-10(2)23)13(24)7-21(30,33-19)20(28)29/h3-6,13-14,17-19,24-25,27,30H,7-8H2,1-2H3,(H,22,23)(H,28,29). The number of hydrogen-bond acceptors (Lipinski definition) is 10. The number of aliphatic hydroxyl groups is 4. The number of aryl methyl sites for hydroxylation is 1. The Balaban J connectivity index is 1.76. The Labute approximate surface area is 187 Å². The summed E-state index contributed by atoms with van der Waals surface area (Å²) >= 11 is 0. The lowest BCUT2D eigenvalue weighted by molar-refractivity contribution is -0.294. The molecule has 0 saturated carbocycles. The molecule has 6 unspecified atom stereocenters. The van der Waals surface area contributed by atoms with Crippen LogP contribution in [0, 0.1) is 6.92 Å². The van der Waals surface area contributed by atoms with Crippen molar-refractivity contribution in [2.75, 3.05) is 6.61 Å². The number of nitrogens with one attached hydrogen (secondary N) is 1. The normalized spacial score (nSPS) is 27.0. The minimum Gasteiger partial charge on any atom is -0.491 e. The highest BCUT2D eigenvalue weighted by molar-refractivity contribution is 5.81. The van der Waals surface area contributed by atoms with Crippen LogP contribution >= 0.6 is 0 Å². The summed E-state index contributed by atoms with van der Waals surface area (Å²) in [4.78, 5) is 34.5. The first kappa shape index (κ1) is 24.6. The summed E-state index contributed by atoms with van der Waals surface area (Å²) in [6.45, 7) is 2.35. The highest BCUT2D eigenvalue weighted by Gasteiger charge is 2.53. The average Bonchev–Trinajstić information content (AvgIpc) is 2.72. The molecule has 1 aliphatic rings. The van der Waals surface area contributed by atoms with Crippen molar-refractivity contribution in [2.45, 2.75) is 56.5 Å². The van der Waals surface area contributed by atoms with Crippen LogP contribution in [0.3, 0.4) is 0 Å². The van der Waals surface area contributed by atoms with Crippen molar-refractivity contribution in [2.24, 2.45) is 0 Å². The summed E-state index contributed by atoms with van der Waals surface area (Å²) in [5, 5.41) is 53.7. The molecule has 2 aromatic rings. The van der Waals surface area contributed by atoms with Crippen molar-refractivity contribution in [3.63, 3.8) is 0 Å². The van der Waals surface area contributed by atoms with Crippen LogP contribution in [0.2, 0.25) is 0 Å². The van der Waals surface area contributed by atoms with Crippen molar-refractivity contribution in [3.8, 4) is 5.75 Å². The summed E-state index contributed by atoms with van der Waals surface area (Å²) in [5.74, 6) is -5.06. The van der Waals surface area contributed by atoms with Crippen LogP contribution in [0.4, 0.5) is 0 Å². The monoisotopic (exact) mass is 467 g/mol. The molecular weight excluding hydrogens is 442 g/mol. The maximum absolute atomic E-state index is 11.6. The maximum atomic E-state index is 11.6. The van der Waals surface area contributed by atoms with Crippen molar-refractivity contribution < 1.29 is 49.0 Å².